The zero-order valence-corrected chi connectivity index (χ0v) is 30.7. The van der Waals surface area contributed by atoms with Crippen LogP contribution >= 0.6 is 45.2 Å². The maximum Gasteiger partial charge on any atom is 0.0130 e. The van der Waals surface area contributed by atoms with Crippen molar-refractivity contribution in [3.8, 4) is 0 Å². The molecule has 0 radical (unpaired) electrons. The Kier molecular flexibility index (Phi) is 12.6. The second-order valence-electron chi connectivity index (χ2n) is 10.9. The first-order valence-corrected chi connectivity index (χ1v) is 17.9. The third-order valence-corrected chi connectivity index (χ3v) is 9.38. The molecule has 0 atom stereocenters. The van der Waals surface area contributed by atoms with Crippen LogP contribution in [0.3, 0.4) is 0 Å². The first kappa shape index (κ1) is 33.6. The number of benzene rings is 6. The van der Waals surface area contributed by atoms with Gasteiger partial charge in [-0.2, -0.15) is 0 Å². The summed E-state index contributed by atoms with van der Waals surface area (Å²) in [5, 5.41) is 0. The zero-order valence-electron chi connectivity index (χ0n) is 26.3. The van der Waals surface area contributed by atoms with E-state index in [0.29, 0.717) is 0 Å². The first-order valence-electron chi connectivity index (χ1n) is 15.8. The van der Waals surface area contributed by atoms with E-state index < -0.39 is 0 Å². The summed E-state index contributed by atoms with van der Waals surface area (Å²) in [4.78, 5) is 0. The molecule has 0 spiro atoms. The van der Waals surface area contributed by atoms with Gasteiger partial charge in [0, 0.05) is 7.14 Å². The number of rotatable bonds is 8. The maximum atomic E-state index is 2.36. The fourth-order valence-corrected chi connectivity index (χ4v) is 6.52. The molecule has 0 heterocycles. The van der Waals surface area contributed by atoms with Crippen LogP contribution in [0.1, 0.15) is 60.1 Å². The smallest absolute Gasteiger partial charge is 0.0130 e. The van der Waals surface area contributed by atoms with Crippen LogP contribution in [0, 0.1) is 7.14 Å². The highest BCUT2D eigenvalue weighted by molar-refractivity contribution is 14.1. The van der Waals surface area contributed by atoms with Crippen LogP contribution in [0.25, 0.3) is 22.3 Å². The fourth-order valence-electron chi connectivity index (χ4n) is 5.80. The standard InChI is InChI=1S/2C22H19I/c2*1-2-21(17-9-5-3-6-10-17)22(18-11-7-4-8-12-18)19-13-15-20(23)16-14-19/h2*3-16H,2H2,1H3/b2*22-21-. The molecule has 0 nitrogen and oxygen atoms in total. The topological polar surface area (TPSA) is 0 Å². The molecule has 0 aromatic heterocycles. The van der Waals surface area contributed by atoms with E-state index in [9.17, 15) is 0 Å². The van der Waals surface area contributed by atoms with Crippen molar-refractivity contribution in [2.24, 2.45) is 0 Å². The summed E-state index contributed by atoms with van der Waals surface area (Å²) in [7, 11) is 0. The van der Waals surface area contributed by atoms with Crippen LogP contribution in [0.5, 0.6) is 0 Å². The molecule has 0 amide bonds. The first-order chi connectivity index (χ1) is 22.6. The van der Waals surface area contributed by atoms with Gasteiger partial charge in [-0.25, -0.2) is 0 Å². The molecule has 0 fully saturated rings. The Morgan fingerprint density at radius 2 is 0.565 bits per heavy atom. The lowest BCUT2D eigenvalue weighted by molar-refractivity contribution is 1.24. The molecular formula is C44H38I2. The highest BCUT2D eigenvalue weighted by Gasteiger charge is 2.14. The Morgan fingerprint density at radius 3 is 0.826 bits per heavy atom. The second-order valence-corrected chi connectivity index (χ2v) is 13.4. The number of hydrogen-bond acceptors (Lipinski definition) is 0. The maximum absolute atomic E-state index is 2.36. The molecule has 0 bridgehead atoms. The summed E-state index contributed by atoms with van der Waals surface area (Å²) < 4.78 is 2.52. The van der Waals surface area contributed by atoms with Crippen molar-refractivity contribution in [2.75, 3.05) is 0 Å². The van der Waals surface area contributed by atoms with E-state index in [2.05, 4.69) is 229 Å². The Labute approximate surface area is 302 Å². The van der Waals surface area contributed by atoms with Crippen molar-refractivity contribution in [1.29, 1.82) is 0 Å². The van der Waals surface area contributed by atoms with Gasteiger partial charge in [0.25, 0.3) is 0 Å². The van der Waals surface area contributed by atoms with Crippen molar-refractivity contribution in [1.82, 2.24) is 0 Å². The lowest BCUT2D eigenvalue weighted by Gasteiger charge is -2.16. The van der Waals surface area contributed by atoms with Gasteiger partial charge in [-0.15, -0.1) is 0 Å². The molecule has 0 aliphatic carbocycles. The second kappa shape index (κ2) is 17.3. The Morgan fingerprint density at radius 1 is 0.326 bits per heavy atom. The van der Waals surface area contributed by atoms with E-state index in [0.717, 1.165) is 12.8 Å². The van der Waals surface area contributed by atoms with Crippen molar-refractivity contribution < 1.29 is 0 Å². The zero-order chi connectivity index (χ0) is 32.1. The van der Waals surface area contributed by atoms with E-state index in [1.165, 1.54) is 62.8 Å². The number of hydrogen-bond donors (Lipinski definition) is 0. The van der Waals surface area contributed by atoms with Gasteiger partial charge in [-0.05, 0) is 138 Å². The number of allylic oxidation sites excluding steroid dienone is 2. The van der Waals surface area contributed by atoms with Crippen LogP contribution in [0.15, 0.2) is 170 Å². The van der Waals surface area contributed by atoms with Crippen molar-refractivity contribution in [3.05, 3.63) is 210 Å². The van der Waals surface area contributed by atoms with E-state index in [1.807, 2.05) is 0 Å². The van der Waals surface area contributed by atoms with Gasteiger partial charge in [-0.3, -0.25) is 0 Å². The monoisotopic (exact) mass is 820 g/mol. The molecule has 0 unspecified atom stereocenters. The van der Waals surface area contributed by atoms with Crippen LogP contribution in [0.2, 0.25) is 0 Å². The Balaban J connectivity index is 0.000000181. The molecule has 228 valence electrons. The van der Waals surface area contributed by atoms with Crippen molar-refractivity contribution >= 4 is 67.5 Å². The van der Waals surface area contributed by atoms with E-state index >= 15 is 0 Å². The molecule has 0 aliphatic heterocycles. The SMILES string of the molecule is CC/C(=C(\c1ccccc1)c1ccc(I)cc1)c1ccccc1.CC/C(=C(\c1ccccc1)c1ccc(I)cc1)c1ccccc1. The molecule has 6 aromatic rings. The van der Waals surface area contributed by atoms with Crippen LogP contribution in [-0.4, -0.2) is 0 Å². The lowest BCUT2D eigenvalue weighted by Crippen LogP contribution is -1.95. The van der Waals surface area contributed by atoms with E-state index in [-0.39, 0.29) is 0 Å². The molecule has 0 aliphatic rings. The summed E-state index contributed by atoms with van der Waals surface area (Å²) in [6.45, 7) is 4.47. The van der Waals surface area contributed by atoms with Crippen LogP contribution < -0.4 is 0 Å². The molecule has 6 rings (SSSR count). The average Bonchev–Trinajstić information content (AvgIpc) is 3.12. The summed E-state index contributed by atoms with van der Waals surface area (Å²) in [5.74, 6) is 0. The average molecular weight is 821 g/mol. The quantitative estimate of drug-likeness (QED) is 0.106. The third-order valence-electron chi connectivity index (χ3n) is 7.95. The van der Waals surface area contributed by atoms with Crippen molar-refractivity contribution in [3.63, 3.8) is 0 Å². The molecular weight excluding hydrogens is 782 g/mol. The molecule has 0 N–H and O–H groups in total. The largest absolute Gasteiger partial charge is 0.0622 e. The van der Waals surface area contributed by atoms with Gasteiger partial charge in [0.1, 0.15) is 0 Å². The van der Waals surface area contributed by atoms with Crippen molar-refractivity contribution in [2.45, 2.75) is 26.7 Å². The molecule has 0 saturated carbocycles. The highest BCUT2D eigenvalue weighted by Crippen LogP contribution is 2.35. The summed E-state index contributed by atoms with van der Waals surface area (Å²) in [6, 6.07) is 60.4. The predicted molar refractivity (Wildman–Crippen MR) is 216 cm³/mol. The number of halogens is 2. The minimum atomic E-state index is 1.00. The van der Waals surface area contributed by atoms with Gasteiger partial charge < -0.3 is 0 Å². The highest BCUT2D eigenvalue weighted by atomic mass is 127. The van der Waals surface area contributed by atoms with Gasteiger partial charge >= 0.3 is 0 Å². The minimum absolute atomic E-state index is 1.00. The van der Waals surface area contributed by atoms with E-state index in [4.69, 9.17) is 0 Å². The lowest BCUT2D eigenvalue weighted by atomic mass is 9.88. The minimum Gasteiger partial charge on any atom is -0.0622 e. The molecule has 0 saturated heterocycles. The van der Waals surface area contributed by atoms with Gasteiger partial charge in [0.15, 0.2) is 0 Å². The molecule has 46 heavy (non-hydrogen) atoms. The van der Waals surface area contributed by atoms with Gasteiger partial charge in [-0.1, -0.05) is 159 Å². The van der Waals surface area contributed by atoms with Gasteiger partial charge in [0.2, 0.25) is 0 Å². The normalized spacial score (nSPS) is 11.9. The van der Waals surface area contributed by atoms with Crippen LogP contribution in [-0.2, 0) is 0 Å². The Hall–Kier alpha value is -3.74. The summed E-state index contributed by atoms with van der Waals surface area (Å²) >= 11 is 4.71. The predicted octanol–water partition coefficient (Wildman–Crippen LogP) is 13.3. The molecule has 6 aromatic carbocycles. The fraction of sp³-hybridized carbons (Fsp3) is 0.0909. The third kappa shape index (κ3) is 8.74. The summed E-state index contributed by atoms with van der Waals surface area (Å²) in [6.07, 6.45) is 2.00. The molecule has 2 heteroatoms. The van der Waals surface area contributed by atoms with Gasteiger partial charge in [0.05, 0.1) is 0 Å². The summed E-state index contributed by atoms with van der Waals surface area (Å²) in [5.41, 5.74) is 13.1. The Bertz CT molecular complexity index is 1710. The van der Waals surface area contributed by atoms with Crippen LogP contribution in [0.4, 0.5) is 0 Å². The van der Waals surface area contributed by atoms with E-state index in [1.54, 1.807) is 0 Å².